The lowest BCUT2D eigenvalue weighted by atomic mass is 10.2. The van der Waals surface area contributed by atoms with Gasteiger partial charge in [-0.25, -0.2) is 0 Å². The van der Waals surface area contributed by atoms with Crippen LogP contribution in [0.4, 0.5) is 0 Å². The second kappa shape index (κ2) is 6.52. The molecule has 25 heavy (non-hydrogen) atoms. The van der Waals surface area contributed by atoms with Crippen LogP contribution in [0.3, 0.4) is 0 Å². The molecule has 3 fully saturated rings. The van der Waals surface area contributed by atoms with Crippen molar-refractivity contribution in [1.82, 2.24) is 9.80 Å². The first-order valence-corrected chi connectivity index (χ1v) is 9.41. The summed E-state index contributed by atoms with van der Waals surface area (Å²) in [7, 11) is 0. The van der Waals surface area contributed by atoms with Crippen LogP contribution in [0.15, 0.2) is 24.3 Å². The van der Waals surface area contributed by atoms with Crippen LogP contribution >= 0.6 is 11.6 Å². The van der Waals surface area contributed by atoms with E-state index in [0.717, 1.165) is 19.4 Å². The van der Waals surface area contributed by atoms with Crippen molar-refractivity contribution in [2.45, 2.75) is 25.7 Å². The molecule has 1 heterocycles. The van der Waals surface area contributed by atoms with Crippen molar-refractivity contribution >= 4 is 23.4 Å². The van der Waals surface area contributed by atoms with Gasteiger partial charge in [0.05, 0.1) is 5.02 Å². The summed E-state index contributed by atoms with van der Waals surface area (Å²) in [5, 5.41) is 0.501. The first-order chi connectivity index (χ1) is 12.1. The number of ether oxygens (including phenoxy) is 1. The van der Waals surface area contributed by atoms with Crippen LogP contribution in [-0.2, 0) is 9.59 Å². The molecule has 0 radical (unpaired) electrons. The Kier molecular flexibility index (Phi) is 4.36. The molecule has 5 nitrogen and oxygen atoms in total. The van der Waals surface area contributed by atoms with Crippen molar-refractivity contribution in [1.29, 1.82) is 0 Å². The summed E-state index contributed by atoms with van der Waals surface area (Å²) >= 11 is 6.04. The average Bonchev–Trinajstić information content (AvgIpc) is 3.52. The number of rotatable bonds is 4. The molecule has 0 bridgehead atoms. The lowest BCUT2D eigenvalue weighted by Crippen LogP contribution is -2.39. The van der Waals surface area contributed by atoms with E-state index in [1.165, 1.54) is 12.8 Å². The monoisotopic (exact) mass is 362 g/mol. The third kappa shape index (κ3) is 3.47. The van der Waals surface area contributed by atoms with Crippen LogP contribution in [0.2, 0.25) is 5.02 Å². The smallest absolute Gasteiger partial charge is 0.260 e. The van der Waals surface area contributed by atoms with E-state index in [1.54, 1.807) is 17.0 Å². The van der Waals surface area contributed by atoms with Gasteiger partial charge in [0.15, 0.2) is 6.61 Å². The standard InChI is InChI=1S/C19H23ClN2O3/c20-15-4-1-2-5-16(15)25-13-17(23)21-8-3-9-22(11-10-21)18(24)14-12-19(14)6-7-19/h1-2,4-5,14H,3,6-13H2. The molecule has 1 saturated heterocycles. The zero-order valence-corrected chi connectivity index (χ0v) is 15.0. The predicted molar refractivity (Wildman–Crippen MR) is 94.5 cm³/mol. The summed E-state index contributed by atoms with van der Waals surface area (Å²) in [5.74, 6) is 1.03. The van der Waals surface area contributed by atoms with Gasteiger partial charge >= 0.3 is 0 Å². The van der Waals surface area contributed by atoms with E-state index in [4.69, 9.17) is 16.3 Å². The van der Waals surface area contributed by atoms with Gasteiger partial charge in [0.25, 0.3) is 5.91 Å². The molecule has 2 saturated carbocycles. The van der Waals surface area contributed by atoms with Gasteiger partial charge in [-0.15, -0.1) is 0 Å². The number of para-hydroxylation sites is 1. The summed E-state index contributed by atoms with van der Waals surface area (Å²) in [5.41, 5.74) is 0.391. The molecule has 6 heteroatoms. The molecule has 134 valence electrons. The number of benzene rings is 1. The molecule has 2 aliphatic carbocycles. The molecule has 1 atom stereocenters. The third-order valence-electron chi connectivity index (χ3n) is 5.73. The molecule has 2 amide bonds. The lowest BCUT2D eigenvalue weighted by molar-refractivity contribution is -0.135. The summed E-state index contributed by atoms with van der Waals surface area (Å²) in [6.45, 7) is 2.60. The fourth-order valence-corrected chi connectivity index (χ4v) is 4.00. The van der Waals surface area contributed by atoms with Gasteiger partial charge in [0.2, 0.25) is 5.91 Å². The molecule has 1 spiro atoms. The van der Waals surface area contributed by atoms with E-state index in [2.05, 4.69) is 0 Å². The maximum atomic E-state index is 12.6. The van der Waals surface area contributed by atoms with Crippen LogP contribution in [0.5, 0.6) is 5.75 Å². The molecular formula is C19H23ClN2O3. The van der Waals surface area contributed by atoms with Gasteiger partial charge in [0.1, 0.15) is 5.75 Å². The Labute approximate surface area is 152 Å². The van der Waals surface area contributed by atoms with Crippen molar-refractivity contribution in [2.75, 3.05) is 32.8 Å². The summed E-state index contributed by atoms with van der Waals surface area (Å²) in [4.78, 5) is 28.8. The number of carbonyl (C=O) groups excluding carboxylic acids is 2. The minimum atomic E-state index is -0.0562. The fourth-order valence-electron chi connectivity index (χ4n) is 3.81. The number of carbonyl (C=O) groups is 2. The highest BCUT2D eigenvalue weighted by atomic mass is 35.5. The zero-order chi connectivity index (χ0) is 17.4. The van der Waals surface area contributed by atoms with Gasteiger partial charge in [-0.05, 0) is 43.2 Å². The Morgan fingerprint density at radius 2 is 1.84 bits per heavy atom. The highest BCUT2D eigenvalue weighted by Gasteiger charge is 2.66. The van der Waals surface area contributed by atoms with Gasteiger partial charge in [-0.3, -0.25) is 9.59 Å². The molecular weight excluding hydrogens is 340 g/mol. The summed E-state index contributed by atoms with van der Waals surface area (Å²) in [6, 6.07) is 7.14. The first kappa shape index (κ1) is 16.7. The summed E-state index contributed by atoms with van der Waals surface area (Å²) in [6.07, 6.45) is 4.35. The normalized spacial score (nSPS) is 24.0. The van der Waals surface area contributed by atoms with Crippen molar-refractivity contribution in [3.8, 4) is 5.75 Å². The van der Waals surface area contributed by atoms with Crippen LogP contribution in [0, 0.1) is 11.3 Å². The van der Waals surface area contributed by atoms with E-state index < -0.39 is 0 Å². The maximum Gasteiger partial charge on any atom is 0.260 e. The second-order valence-corrected chi connectivity index (χ2v) is 7.81. The van der Waals surface area contributed by atoms with Crippen molar-refractivity contribution in [2.24, 2.45) is 11.3 Å². The second-order valence-electron chi connectivity index (χ2n) is 7.40. The molecule has 3 aliphatic rings. The van der Waals surface area contributed by atoms with E-state index >= 15 is 0 Å². The SMILES string of the molecule is O=C(COc1ccccc1Cl)N1CCCN(C(=O)C2CC23CC3)CC1. The van der Waals surface area contributed by atoms with Crippen LogP contribution < -0.4 is 4.74 Å². The Hall–Kier alpha value is -1.75. The third-order valence-corrected chi connectivity index (χ3v) is 6.04. The Bertz CT molecular complexity index is 689. The lowest BCUT2D eigenvalue weighted by Gasteiger charge is -2.22. The van der Waals surface area contributed by atoms with Crippen molar-refractivity contribution in [3.63, 3.8) is 0 Å². The van der Waals surface area contributed by atoms with Crippen LogP contribution in [0.25, 0.3) is 0 Å². The number of hydrogen-bond acceptors (Lipinski definition) is 3. The zero-order valence-electron chi connectivity index (χ0n) is 14.2. The first-order valence-electron chi connectivity index (χ1n) is 9.03. The van der Waals surface area contributed by atoms with Crippen LogP contribution in [0.1, 0.15) is 25.7 Å². The van der Waals surface area contributed by atoms with E-state index in [1.807, 2.05) is 17.0 Å². The van der Waals surface area contributed by atoms with Crippen molar-refractivity contribution in [3.05, 3.63) is 29.3 Å². The summed E-state index contributed by atoms with van der Waals surface area (Å²) < 4.78 is 5.55. The quantitative estimate of drug-likeness (QED) is 0.827. The van der Waals surface area contributed by atoms with Gasteiger partial charge in [-0.2, -0.15) is 0 Å². The number of halogens is 1. The average molecular weight is 363 g/mol. The molecule has 1 aromatic carbocycles. The fraction of sp³-hybridized carbons (Fsp3) is 0.579. The topological polar surface area (TPSA) is 49.9 Å². The van der Waals surface area contributed by atoms with Gasteiger partial charge < -0.3 is 14.5 Å². The highest BCUT2D eigenvalue weighted by molar-refractivity contribution is 6.32. The molecule has 1 aliphatic heterocycles. The van der Waals surface area contributed by atoms with Crippen LogP contribution in [-0.4, -0.2) is 54.4 Å². The number of nitrogens with zero attached hydrogens (tertiary/aromatic N) is 2. The minimum absolute atomic E-state index is 0.0244. The largest absolute Gasteiger partial charge is 0.482 e. The Morgan fingerprint density at radius 3 is 2.56 bits per heavy atom. The highest BCUT2D eigenvalue weighted by Crippen LogP contribution is 2.70. The van der Waals surface area contributed by atoms with Gasteiger partial charge in [-0.1, -0.05) is 23.7 Å². The predicted octanol–water partition coefficient (Wildman–Crippen LogP) is 2.58. The number of hydrogen-bond donors (Lipinski definition) is 0. The molecule has 0 aromatic heterocycles. The molecule has 4 rings (SSSR count). The van der Waals surface area contributed by atoms with Crippen molar-refractivity contribution < 1.29 is 14.3 Å². The maximum absolute atomic E-state index is 12.6. The van der Waals surface area contributed by atoms with E-state index in [0.29, 0.717) is 41.7 Å². The Morgan fingerprint density at radius 1 is 1.12 bits per heavy atom. The molecule has 0 N–H and O–H groups in total. The Balaban J connectivity index is 1.27. The minimum Gasteiger partial charge on any atom is -0.482 e. The van der Waals surface area contributed by atoms with Gasteiger partial charge in [0, 0.05) is 32.1 Å². The van der Waals surface area contributed by atoms with E-state index in [9.17, 15) is 9.59 Å². The van der Waals surface area contributed by atoms with E-state index in [-0.39, 0.29) is 18.4 Å². The molecule has 1 aromatic rings. The molecule has 1 unspecified atom stereocenters. The number of amides is 2.